The van der Waals surface area contributed by atoms with Crippen molar-refractivity contribution in [1.82, 2.24) is 0 Å². The van der Waals surface area contributed by atoms with E-state index >= 15 is 0 Å². The predicted molar refractivity (Wildman–Crippen MR) is 56.3 cm³/mol. The Hall–Kier alpha value is -1.38. The van der Waals surface area contributed by atoms with E-state index < -0.39 is 12.1 Å². The average Bonchev–Trinajstić information content (AvgIpc) is 2.29. The van der Waals surface area contributed by atoms with E-state index in [1.807, 2.05) is 30.3 Å². The highest BCUT2D eigenvalue weighted by Gasteiger charge is 2.16. The standard InChI is InChI=1S/C12H15FO2/c1-15-12(14)11(13)9-5-8-10-6-3-2-4-7-10/h2-4,6-7,11H,5,8-9H2,1H3. The number of halogens is 1. The van der Waals surface area contributed by atoms with E-state index in [2.05, 4.69) is 4.74 Å². The minimum Gasteiger partial charge on any atom is -0.467 e. The molecule has 0 saturated carbocycles. The number of hydrogen-bond acceptors (Lipinski definition) is 2. The molecular formula is C12H15FO2. The van der Waals surface area contributed by atoms with Gasteiger partial charge in [-0.05, 0) is 24.8 Å². The van der Waals surface area contributed by atoms with Gasteiger partial charge in [0, 0.05) is 0 Å². The number of alkyl halides is 1. The molecule has 0 N–H and O–H groups in total. The number of aryl methyl sites for hydroxylation is 1. The van der Waals surface area contributed by atoms with Crippen LogP contribution in [0.3, 0.4) is 0 Å². The Balaban J connectivity index is 2.25. The zero-order chi connectivity index (χ0) is 11.1. The molecule has 82 valence electrons. The van der Waals surface area contributed by atoms with Crippen molar-refractivity contribution in [2.75, 3.05) is 7.11 Å². The highest BCUT2D eigenvalue weighted by atomic mass is 19.1. The molecule has 0 aromatic heterocycles. The molecule has 0 saturated heterocycles. The normalized spacial score (nSPS) is 12.1. The lowest BCUT2D eigenvalue weighted by molar-refractivity contribution is -0.146. The van der Waals surface area contributed by atoms with Crippen LogP contribution in [0.4, 0.5) is 4.39 Å². The summed E-state index contributed by atoms with van der Waals surface area (Å²) in [7, 11) is 1.20. The first-order valence-corrected chi connectivity index (χ1v) is 5.00. The van der Waals surface area contributed by atoms with Crippen molar-refractivity contribution in [3.63, 3.8) is 0 Å². The quantitative estimate of drug-likeness (QED) is 0.698. The molecule has 1 aromatic carbocycles. The molecule has 1 rings (SSSR count). The Morgan fingerprint density at radius 1 is 1.40 bits per heavy atom. The summed E-state index contributed by atoms with van der Waals surface area (Å²) in [6.45, 7) is 0. The Morgan fingerprint density at radius 3 is 2.67 bits per heavy atom. The number of benzene rings is 1. The molecule has 1 atom stereocenters. The van der Waals surface area contributed by atoms with Crippen molar-refractivity contribution in [3.8, 4) is 0 Å². The van der Waals surface area contributed by atoms with Crippen molar-refractivity contribution < 1.29 is 13.9 Å². The highest BCUT2D eigenvalue weighted by Crippen LogP contribution is 2.09. The van der Waals surface area contributed by atoms with Gasteiger partial charge in [-0.1, -0.05) is 30.3 Å². The van der Waals surface area contributed by atoms with Crippen LogP contribution in [0.2, 0.25) is 0 Å². The van der Waals surface area contributed by atoms with Crippen LogP contribution in [0, 0.1) is 0 Å². The third-order valence-electron chi connectivity index (χ3n) is 2.22. The molecule has 0 aliphatic rings. The summed E-state index contributed by atoms with van der Waals surface area (Å²) >= 11 is 0. The summed E-state index contributed by atoms with van der Waals surface area (Å²) in [5.74, 6) is -0.775. The van der Waals surface area contributed by atoms with Gasteiger partial charge in [0.15, 0.2) is 6.17 Å². The van der Waals surface area contributed by atoms with Gasteiger partial charge in [-0.15, -0.1) is 0 Å². The fourth-order valence-corrected chi connectivity index (χ4v) is 1.38. The monoisotopic (exact) mass is 210 g/mol. The third-order valence-corrected chi connectivity index (χ3v) is 2.22. The Kier molecular flexibility index (Phi) is 4.81. The largest absolute Gasteiger partial charge is 0.467 e. The van der Waals surface area contributed by atoms with Crippen molar-refractivity contribution in [1.29, 1.82) is 0 Å². The summed E-state index contributed by atoms with van der Waals surface area (Å²) in [6.07, 6.45) is 0.179. The van der Waals surface area contributed by atoms with E-state index in [-0.39, 0.29) is 6.42 Å². The maximum Gasteiger partial charge on any atom is 0.340 e. The van der Waals surface area contributed by atoms with Crippen LogP contribution in [0.15, 0.2) is 30.3 Å². The van der Waals surface area contributed by atoms with Gasteiger partial charge in [-0.25, -0.2) is 9.18 Å². The minimum absolute atomic E-state index is 0.224. The number of rotatable bonds is 5. The molecule has 0 bridgehead atoms. The second-order valence-electron chi connectivity index (χ2n) is 3.37. The summed E-state index contributed by atoms with van der Waals surface area (Å²) in [6, 6.07) is 9.82. The second kappa shape index (κ2) is 6.17. The Labute approximate surface area is 89.1 Å². The van der Waals surface area contributed by atoms with Gasteiger partial charge in [-0.2, -0.15) is 0 Å². The molecule has 15 heavy (non-hydrogen) atoms. The number of hydrogen-bond donors (Lipinski definition) is 0. The third kappa shape index (κ3) is 4.11. The molecule has 0 aliphatic carbocycles. The van der Waals surface area contributed by atoms with E-state index in [0.29, 0.717) is 6.42 Å². The SMILES string of the molecule is COC(=O)C(F)CCCc1ccccc1. The van der Waals surface area contributed by atoms with Gasteiger partial charge in [0.1, 0.15) is 0 Å². The van der Waals surface area contributed by atoms with Crippen LogP contribution >= 0.6 is 0 Å². The molecule has 1 unspecified atom stereocenters. The van der Waals surface area contributed by atoms with Crippen molar-refractivity contribution in [2.45, 2.75) is 25.4 Å². The first-order chi connectivity index (χ1) is 7.24. The van der Waals surface area contributed by atoms with Gasteiger partial charge in [0.05, 0.1) is 7.11 Å². The topological polar surface area (TPSA) is 26.3 Å². The Morgan fingerprint density at radius 2 is 2.07 bits per heavy atom. The van der Waals surface area contributed by atoms with Gasteiger partial charge >= 0.3 is 5.97 Å². The summed E-state index contributed by atoms with van der Waals surface area (Å²) in [5, 5.41) is 0. The van der Waals surface area contributed by atoms with E-state index in [0.717, 1.165) is 12.0 Å². The van der Waals surface area contributed by atoms with E-state index in [4.69, 9.17) is 0 Å². The van der Waals surface area contributed by atoms with Crippen LogP contribution in [0.25, 0.3) is 0 Å². The highest BCUT2D eigenvalue weighted by molar-refractivity contribution is 5.74. The number of esters is 1. The zero-order valence-electron chi connectivity index (χ0n) is 8.78. The molecule has 0 heterocycles. The predicted octanol–water partition coefficient (Wildman–Crippen LogP) is 2.52. The molecule has 0 amide bonds. The van der Waals surface area contributed by atoms with Gasteiger partial charge in [-0.3, -0.25) is 0 Å². The van der Waals surface area contributed by atoms with Crippen molar-refractivity contribution in [2.24, 2.45) is 0 Å². The van der Waals surface area contributed by atoms with Crippen LogP contribution in [0.5, 0.6) is 0 Å². The van der Waals surface area contributed by atoms with Gasteiger partial charge < -0.3 is 4.74 Å². The molecular weight excluding hydrogens is 195 g/mol. The zero-order valence-corrected chi connectivity index (χ0v) is 8.78. The van der Waals surface area contributed by atoms with Crippen LogP contribution in [-0.2, 0) is 16.0 Å². The maximum absolute atomic E-state index is 13.0. The molecule has 3 heteroatoms. The number of methoxy groups -OCH3 is 1. The lowest BCUT2D eigenvalue weighted by Gasteiger charge is -2.05. The number of carbonyl (C=O) groups is 1. The second-order valence-corrected chi connectivity index (χ2v) is 3.37. The smallest absolute Gasteiger partial charge is 0.340 e. The molecule has 1 aromatic rings. The van der Waals surface area contributed by atoms with E-state index in [9.17, 15) is 9.18 Å². The number of ether oxygens (including phenoxy) is 1. The van der Waals surface area contributed by atoms with Crippen LogP contribution in [0.1, 0.15) is 18.4 Å². The lowest BCUT2D eigenvalue weighted by Crippen LogP contribution is -2.17. The molecule has 2 nitrogen and oxygen atoms in total. The lowest BCUT2D eigenvalue weighted by atomic mass is 10.1. The fraction of sp³-hybridized carbons (Fsp3) is 0.417. The molecule has 0 fully saturated rings. The minimum atomic E-state index is -1.49. The van der Waals surface area contributed by atoms with Gasteiger partial charge in [0.2, 0.25) is 0 Å². The molecule has 0 spiro atoms. The fourth-order valence-electron chi connectivity index (χ4n) is 1.38. The van der Waals surface area contributed by atoms with E-state index in [1.165, 1.54) is 7.11 Å². The first kappa shape index (κ1) is 11.7. The maximum atomic E-state index is 13.0. The van der Waals surface area contributed by atoms with Crippen LogP contribution in [-0.4, -0.2) is 19.3 Å². The number of carbonyl (C=O) groups excluding carboxylic acids is 1. The summed E-state index contributed by atoms with van der Waals surface area (Å²) in [4.78, 5) is 10.8. The van der Waals surface area contributed by atoms with Crippen molar-refractivity contribution in [3.05, 3.63) is 35.9 Å². The van der Waals surface area contributed by atoms with Gasteiger partial charge in [0.25, 0.3) is 0 Å². The molecule has 0 radical (unpaired) electrons. The summed E-state index contributed by atoms with van der Waals surface area (Å²) in [5.41, 5.74) is 1.16. The first-order valence-electron chi connectivity index (χ1n) is 5.00. The summed E-state index contributed by atoms with van der Waals surface area (Å²) < 4.78 is 17.3. The Bertz CT molecular complexity index is 298. The van der Waals surface area contributed by atoms with E-state index in [1.54, 1.807) is 0 Å². The average molecular weight is 210 g/mol. The molecule has 0 aliphatic heterocycles. The van der Waals surface area contributed by atoms with Crippen molar-refractivity contribution >= 4 is 5.97 Å². The van der Waals surface area contributed by atoms with Crippen LogP contribution < -0.4 is 0 Å².